The van der Waals surface area contributed by atoms with Gasteiger partial charge in [-0.2, -0.15) is 0 Å². The van der Waals surface area contributed by atoms with Crippen LogP contribution in [0, 0.1) is 0 Å². The van der Waals surface area contributed by atoms with Gasteiger partial charge < -0.3 is 15.4 Å². The number of rotatable bonds is 7. The molecular formula is C19H24N2O2. The molecular weight excluding hydrogens is 288 g/mol. The normalized spacial score (nSPS) is 10.3. The molecule has 4 heteroatoms. The summed E-state index contributed by atoms with van der Waals surface area (Å²) < 4.78 is 5.43. The number of hydrogen-bond donors (Lipinski definition) is 1. The molecule has 2 aromatic rings. The summed E-state index contributed by atoms with van der Waals surface area (Å²) in [7, 11) is 0. The fraction of sp³-hybridized carbons (Fsp3) is 0.316. The Morgan fingerprint density at radius 3 is 2.48 bits per heavy atom. The van der Waals surface area contributed by atoms with Crippen LogP contribution < -0.4 is 15.4 Å². The van der Waals surface area contributed by atoms with Gasteiger partial charge in [0, 0.05) is 18.7 Å². The number of anilines is 2. The van der Waals surface area contributed by atoms with Crippen molar-refractivity contribution in [2.24, 2.45) is 0 Å². The van der Waals surface area contributed by atoms with Gasteiger partial charge >= 0.3 is 0 Å². The highest BCUT2D eigenvalue weighted by molar-refractivity contribution is 5.93. The van der Waals surface area contributed by atoms with Gasteiger partial charge in [-0.25, -0.2) is 0 Å². The molecule has 0 unspecified atom stereocenters. The van der Waals surface area contributed by atoms with Crippen molar-refractivity contribution in [1.82, 2.24) is 0 Å². The molecule has 2 rings (SSSR count). The van der Waals surface area contributed by atoms with E-state index in [1.165, 1.54) is 0 Å². The Hall–Kier alpha value is -2.49. The van der Waals surface area contributed by atoms with E-state index in [0.717, 1.165) is 11.3 Å². The zero-order valence-electron chi connectivity index (χ0n) is 13.8. The molecule has 0 aliphatic carbocycles. The molecule has 0 radical (unpaired) electrons. The van der Waals surface area contributed by atoms with Crippen LogP contribution in [0.2, 0.25) is 0 Å². The first-order chi connectivity index (χ1) is 11.2. The van der Waals surface area contributed by atoms with Crippen LogP contribution in [-0.4, -0.2) is 19.1 Å². The molecule has 0 aromatic heterocycles. The summed E-state index contributed by atoms with van der Waals surface area (Å²) in [6, 6.07) is 15.5. The Balaban J connectivity index is 1.99. The molecule has 0 saturated heterocycles. The number of carbonyl (C=O) groups is 1. The number of carbonyl (C=O) groups excluding carboxylic acids is 1. The van der Waals surface area contributed by atoms with E-state index in [1.54, 1.807) is 4.90 Å². The lowest BCUT2D eigenvalue weighted by Gasteiger charge is -2.21. The highest BCUT2D eigenvalue weighted by atomic mass is 16.5. The molecule has 4 nitrogen and oxygen atoms in total. The van der Waals surface area contributed by atoms with Gasteiger partial charge in [0.2, 0.25) is 5.91 Å². The summed E-state index contributed by atoms with van der Waals surface area (Å²) in [6.45, 7) is 5.16. The van der Waals surface area contributed by atoms with Crippen LogP contribution >= 0.6 is 0 Å². The molecule has 0 atom stereocenters. The Morgan fingerprint density at radius 1 is 1.13 bits per heavy atom. The molecule has 0 bridgehead atoms. The molecule has 0 spiro atoms. The van der Waals surface area contributed by atoms with Crippen molar-refractivity contribution in [3.8, 4) is 5.75 Å². The van der Waals surface area contributed by atoms with E-state index >= 15 is 0 Å². The number of nitrogen functional groups attached to an aromatic ring is 1. The maximum Gasteiger partial charge on any atom is 0.227 e. The van der Waals surface area contributed by atoms with Crippen LogP contribution in [0.5, 0.6) is 5.75 Å². The van der Waals surface area contributed by atoms with Gasteiger partial charge in [0.1, 0.15) is 5.75 Å². The standard InChI is InChI=1S/C19H24N2O2/c1-3-21(16-8-6-5-7-9-16)19(22)13-11-15-10-12-18(23-4-2)17(20)14-15/h5-10,12,14H,3-4,11,13,20H2,1-2H3. The molecule has 2 N–H and O–H groups in total. The summed E-state index contributed by atoms with van der Waals surface area (Å²) in [5, 5.41) is 0. The van der Waals surface area contributed by atoms with E-state index in [1.807, 2.05) is 62.4 Å². The molecule has 0 heterocycles. The highest BCUT2D eigenvalue weighted by Crippen LogP contribution is 2.23. The molecule has 0 fully saturated rings. The van der Waals surface area contributed by atoms with Gasteiger partial charge in [0.05, 0.1) is 12.3 Å². The smallest absolute Gasteiger partial charge is 0.227 e. The number of ether oxygens (including phenoxy) is 1. The first-order valence-electron chi connectivity index (χ1n) is 8.02. The van der Waals surface area contributed by atoms with Crippen LogP contribution in [0.15, 0.2) is 48.5 Å². The predicted octanol–water partition coefficient (Wildman–Crippen LogP) is 3.65. The Labute approximate surface area is 137 Å². The molecule has 0 aliphatic heterocycles. The molecule has 122 valence electrons. The van der Waals surface area contributed by atoms with E-state index in [4.69, 9.17) is 10.5 Å². The SMILES string of the molecule is CCOc1ccc(CCC(=O)N(CC)c2ccccc2)cc1N. The number of benzene rings is 2. The van der Waals surface area contributed by atoms with E-state index in [2.05, 4.69) is 0 Å². The number of hydrogen-bond acceptors (Lipinski definition) is 3. The Kier molecular flexibility index (Phi) is 6.03. The van der Waals surface area contributed by atoms with Gasteiger partial charge in [0.15, 0.2) is 0 Å². The minimum Gasteiger partial charge on any atom is -0.492 e. The average Bonchev–Trinajstić information content (AvgIpc) is 2.57. The van der Waals surface area contributed by atoms with Crippen molar-refractivity contribution in [2.45, 2.75) is 26.7 Å². The number of nitrogens with two attached hydrogens (primary N) is 1. The molecule has 0 saturated carbocycles. The van der Waals surface area contributed by atoms with Crippen LogP contribution in [-0.2, 0) is 11.2 Å². The summed E-state index contributed by atoms with van der Waals surface area (Å²) in [4.78, 5) is 14.3. The average molecular weight is 312 g/mol. The number of nitrogens with zero attached hydrogens (tertiary/aromatic N) is 1. The van der Waals surface area contributed by atoms with Gasteiger partial charge in [-0.1, -0.05) is 24.3 Å². The predicted molar refractivity (Wildman–Crippen MR) is 94.8 cm³/mol. The fourth-order valence-corrected chi connectivity index (χ4v) is 2.54. The van der Waals surface area contributed by atoms with Crippen LogP contribution in [0.3, 0.4) is 0 Å². The van der Waals surface area contributed by atoms with Crippen molar-refractivity contribution in [3.63, 3.8) is 0 Å². The van der Waals surface area contributed by atoms with Gasteiger partial charge in [-0.3, -0.25) is 4.79 Å². The zero-order valence-corrected chi connectivity index (χ0v) is 13.8. The quantitative estimate of drug-likeness (QED) is 0.794. The largest absolute Gasteiger partial charge is 0.492 e. The Bertz CT molecular complexity index is 641. The molecule has 0 aliphatic rings. The fourth-order valence-electron chi connectivity index (χ4n) is 2.54. The van der Waals surface area contributed by atoms with Crippen molar-refractivity contribution in [3.05, 3.63) is 54.1 Å². The minimum atomic E-state index is 0.117. The summed E-state index contributed by atoms with van der Waals surface area (Å²) in [6.07, 6.45) is 1.12. The molecule has 23 heavy (non-hydrogen) atoms. The van der Waals surface area contributed by atoms with Crippen molar-refractivity contribution < 1.29 is 9.53 Å². The third-order valence-electron chi connectivity index (χ3n) is 3.69. The zero-order chi connectivity index (χ0) is 16.7. The summed E-state index contributed by atoms with van der Waals surface area (Å²) >= 11 is 0. The monoisotopic (exact) mass is 312 g/mol. The lowest BCUT2D eigenvalue weighted by atomic mass is 10.1. The number of para-hydroxylation sites is 1. The second kappa shape index (κ2) is 8.22. The van der Waals surface area contributed by atoms with Crippen LogP contribution in [0.4, 0.5) is 11.4 Å². The summed E-state index contributed by atoms with van der Waals surface area (Å²) in [5.41, 5.74) is 8.57. The van der Waals surface area contributed by atoms with Gasteiger partial charge in [-0.15, -0.1) is 0 Å². The number of aryl methyl sites for hydroxylation is 1. The molecule has 1 amide bonds. The van der Waals surface area contributed by atoms with Crippen LogP contribution in [0.1, 0.15) is 25.8 Å². The highest BCUT2D eigenvalue weighted by Gasteiger charge is 2.13. The topological polar surface area (TPSA) is 55.6 Å². The van der Waals surface area contributed by atoms with E-state index in [0.29, 0.717) is 37.4 Å². The Morgan fingerprint density at radius 2 is 1.87 bits per heavy atom. The maximum absolute atomic E-state index is 12.5. The van der Waals surface area contributed by atoms with Gasteiger partial charge in [0.25, 0.3) is 0 Å². The first-order valence-corrected chi connectivity index (χ1v) is 8.02. The van der Waals surface area contributed by atoms with E-state index in [-0.39, 0.29) is 5.91 Å². The third-order valence-corrected chi connectivity index (χ3v) is 3.69. The summed E-state index contributed by atoms with van der Waals surface area (Å²) in [5.74, 6) is 0.813. The van der Waals surface area contributed by atoms with Crippen molar-refractivity contribution >= 4 is 17.3 Å². The lowest BCUT2D eigenvalue weighted by Crippen LogP contribution is -2.30. The second-order valence-electron chi connectivity index (χ2n) is 5.28. The van der Waals surface area contributed by atoms with Crippen molar-refractivity contribution in [1.29, 1.82) is 0 Å². The van der Waals surface area contributed by atoms with Crippen LogP contribution in [0.25, 0.3) is 0 Å². The third kappa shape index (κ3) is 4.49. The van der Waals surface area contributed by atoms with Crippen molar-refractivity contribution in [2.75, 3.05) is 23.8 Å². The van der Waals surface area contributed by atoms with Gasteiger partial charge in [-0.05, 0) is 50.1 Å². The maximum atomic E-state index is 12.5. The first kappa shape index (κ1) is 16.9. The minimum absolute atomic E-state index is 0.117. The lowest BCUT2D eigenvalue weighted by molar-refractivity contribution is -0.118. The van der Waals surface area contributed by atoms with E-state index < -0.39 is 0 Å². The number of amides is 1. The van der Waals surface area contributed by atoms with E-state index in [9.17, 15) is 4.79 Å². The second-order valence-corrected chi connectivity index (χ2v) is 5.28. The molecule has 2 aromatic carbocycles.